The molecule has 0 aromatic carbocycles. The predicted molar refractivity (Wildman–Crippen MR) is 89.5 cm³/mol. The highest BCUT2D eigenvalue weighted by Crippen LogP contribution is 2.27. The molecule has 6 nitrogen and oxygen atoms in total. The monoisotopic (exact) mass is 298 g/mol. The maximum Gasteiger partial charge on any atom is 0.165 e. The van der Waals surface area contributed by atoms with Gasteiger partial charge in [-0.1, -0.05) is 12.7 Å². The molecule has 116 valence electrons. The Morgan fingerprint density at radius 2 is 2.45 bits per heavy atom. The Morgan fingerprint density at radius 3 is 3.14 bits per heavy atom. The molecule has 1 saturated heterocycles. The van der Waals surface area contributed by atoms with Crippen molar-refractivity contribution in [3.63, 3.8) is 0 Å². The maximum atomic E-state index is 6.17. The Morgan fingerprint density at radius 1 is 1.59 bits per heavy atom. The fourth-order valence-corrected chi connectivity index (χ4v) is 2.92. The van der Waals surface area contributed by atoms with E-state index in [9.17, 15) is 0 Å². The summed E-state index contributed by atoms with van der Waals surface area (Å²) in [6.07, 6.45) is 7.77. The van der Waals surface area contributed by atoms with Gasteiger partial charge in [0.25, 0.3) is 0 Å². The quantitative estimate of drug-likeness (QED) is 0.746. The van der Waals surface area contributed by atoms with Gasteiger partial charge >= 0.3 is 0 Å². The van der Waals surface area contributed by atoms with E-state index in [-0.39, 0.29) is 0 Å². The zero-order valence-electron chi connectivity index (χ0n) is 12.8. The number of fused-ring (bicyclic) bond motifs is 1. The Labute approximate surface area is 130 Å². The molecule has 0 saturated carbocycles. The zero-order valence-corrected chi connectivity index (χ0v) is 12.8. The average molecular weight is 298 g/mol. The lowest BCUT2D eigenvalue weighted by Gasteiger charge is -2.22. The van der Waals surface area contributed by atoms with Crippen LogP contribution in [-0.2, 0) is 0 Å². The number of nitrogens with two attached hydrogens (primary N) is 1. The Balaban J connectivity index is 2.10. The van der Waals surface area contributed by atoms with Crippen LogP contribution in [0.5, 0.6) is 0 Å². The van der Waals surface area contributed by atoms with Crippen molar-refractivity contribution in [2.24, 2.45) is 0 Å². The van der Waals surface area contributed by atoms with Gasteiger partial charge in [0.2, 0.25) is 0 Å². The van der Waals surface area contributed by atoms with E-state index in [1.54, 1.807) is 16.8 Å². The zero-order chi connectivity index (χ0) is 15.5. The minimum atomic E-state index is 0.407. The number of piperidine rings is 1. The van der Waals surface area contributed by atoms with E-state index in [4.69, 9.17) is 10.7 Å². The van der Waals surface area contributed by atoms with Gasteiger partial charge in [-0.25, -0.2) is 4.98 Å². The van der Waals surface area contributed by atoms with Crippen molar-refractivity contribution in [2.75, 3.05) is 25.9 Å². The summed E-state index contributed by atoms with van der Waals surface area (Å²) in [5.41, 5.74) is 9.87. The number of hydrogen-bond donors (Lipinski definition) is 3. The first-order valence-corrected chi connectivity index (χ1v) is 7.59. The van der Waals surface area contributed by atoms with E-state index in [0.717, 1.165) is 42.0 Å². The first-order chi connectivity index (χ1) is 10.7. The molecule has 1 fully saturated rings. The molecule has 6 heteroatoms. The minimum absolute atomic E-state index is 0.407. The van der Waals surface area contributed by atoms with Gasteiger partial charge in [-0.15, -0.1) is 0 Å². The lowest BCUT2D eigenvalue weighted by molar-refractivity contribution is 0.455. The van der Waals surface area contributed by atoms with Gasteiger partial charge in [-0.2, -0.15) is 9.61 Å². The summed E-state index contributed by atoms with van der Waals surface area (Å²) >= 11 is 0. The van der Waals surface area contributed by atoms with E-state index in [1.165, 1.54) is 6.42 Å². The number of nitrogens with one attached hydrogen (secondary N) is 2. The van der Waals surface area contributed by atoms with Crippen molar-refractivity contribution in [1.82, 2.24) is 25.2 Å². The summed E-state index contributed by atoms with van der Waals surface area (Å²) in [4.78, 5) is 4.83. The van der Waals surface area contributed by atoms with Crippen LogP contribution in [-0.4, -0.2) is 34.7 Å². The number of nitrogens with zero attached hydrogens (tertiary/aromatic N) is 3. The first kappa shape index (κ1) is 14.6. The Hall–Kier alpha value is -2.34. The van der Waals surface area contributed by atoms with Crippen LogP contribution in [0, 0.1) is 0 Å². The molecule has 3 heterocycles. The normalized spacial score (nSPS) is 19.3. The van der Waals surface area contributed by atoms with E-state index >= 15 is 0 Å². The Kier molecular flexibility index (Phi) is 4.11. The van der Waals surface area contributed by atoms with Crippen molar-refractivity contribution in [3.8, 4) is 0 Å². The van der Waals surface area contributed by atoms with Crippen LogP contribution in [0.4, 0.5) is 5.82 Å². The van der Waals surface area contributed by atoms with Gasteiger partial charge in [0, 0.05) is 42.9 Å². The number of allylic oxidation sites excluding steroid dienone is 2. The number of anilines is 1. The van der Waals surface area contributed by atoms with E-state index in [0.29, 0.717) is 11.7 Å². The molecule has 22 heavy (non-hydrogen) atoms. The summed E-state index contributed by atoms with van der Waals surface area (Å²) < 4.78 is 1.68. The van der Waals surface area contributed by atoms with E-state index in [2.05, 4.69) is 22.3 Å². The van der Waals surface area contributed by atoms with Gasteiger partial charge < -0.3 is 16.4 Å². The van der Waals surface area contributed by atoms with Crippen molar-refractivity contribution in [1.29, 1.82) is 0 Å². The molecule has 0 aliphatic carbocycles. The number of hydrogen-bond acceptors (Lipinski definition) is 5. The molecule has 0 spiro atoms. The smallest absolute Gasteiger partial charge is 0.165 e. The SMILES string of the molecule is C=C/C(=C\NC)c1cnn2c(N)cc(C3CCCNC3)nc12. The van der Waals surface area contributed by atoms with Crippen LogP contribution in [0.25, 0.3) is 11.2 Å². The molecule has 0 bridgehead atoms. The molecule has 0 radical (unpaired) electrons. The van der Waals surface area contributed by atoms with Crippen LogP contribution >= 0.6 is 0 Å². The standard InChI is InChI=1S/C16H22N6/c1-3-11(8-18-2)13-10-20-22-15(17)7-14(21-16(13)22)12-5-4-6-19-9-12/h3,7-8,10,12,18-19H,1,4-6,9,17H2,2H3/b11-8+. The molecule has 1 atom stereocenters. The lowest BCUT2D eigenvalue weighted by atomic mass is 9.96. The second kappa shape index (κ2) is 6.19. The van der Waals surface area contributed by atoms with Crippen LogP contribution < -0.4 is 16.4 Å². The molecule has 2 aromatic rings. The third-order valence-electron chi connectivity index (χ3n) is 4.07. The highest BCUT2D eigenvalue weighted by Gasteiger charge is 2.19. The molecule has 3 rings (SSSR count). The predicted octanol–water partition coefficient (Wildman–Crippen LogP) is 1.52. The first-order valence-electron chi connectivity index (χ1n) is 7.59. The molecular formula is C16H22N6. The Bertz CT molecular complexity index is 709. The van der Waals surface area contributed by atoms with E-state index in [1.807, 2.05) is 19.3 Å². The summed E-state index contributed by atoms with van der Waals surface area (Å²) in [7, 11) is 1.86. The van der Waals surface area contributed by atoms with Crippen molar-refractivity contribution < 1.29 is 0 Å². The molecule has 1 unspecified atom stereocenters. The molecule has 2 aromatic heterocycles. The highest BCUT2D eigenvalue weighted by atomic mass is 15.3. The molecule has 1 aliphatic heterocycles. The molecule has 4 N–H and O–H groups in total. The molecular weight excluding hydrogens is 276 g/mol. The number of nitrogen functional groups attached to an aromatic ring is 1. The highest BCUT2D eigenvalue weighted by molar-refractivity contribution is 5.81. The third kappa shape index (κ3) is 2.57. The summed E-state index contributed by atoms with van der Waals surface area (Å²) in [5, 5.41) is 10.8. The van der Waals surface area contributed by atoms with E-state index < -0.39 is 0 Å². The molecule has 0 amide bonds. The van der Waals surface area contributed by atoms with Crippen molar-refractivity contribution in [3.05, 3.63) is 42.4 Å². The lowest BCUT2D eigenvalue weighted by Crippen LogP contribution is -2.29. The maximum absolute atomic E-state index is 6.17. The minimum Gasteiger partial charge on any atom is -0.393 e. The fourth-order valence-electron chi connectivity index (χ4n) is 2.92. The van der Waals surface area contributed by atoms with Gasteiger partial charge in [0.1, 0.15) is 5.82 Å². The number of aromatic nitrogens is 3. The van der Waals surface area contributed by atoms with Crippen molar-refractivity contribution in [2.45, 2.75) is 18.8 Å². The average Bonchev–Trinajstić information content (AvgIpc) is 2.98. The largest absolute Gasteiger partial charge is 0.393 e. The molecule has 1 aliphatic rings. The van der Waals surface area contributed by atoms with Crippen LogP contribution in [0.2, 0.25) is 0 Å². The van der Waals surface area contributed by atoms with Crippen molar-refractivity contribution >= 4 is 17.0 Å². The second-order valence-corrected chi connectivity index (χ2v) is 5.54. The van der Waals surface area contributed by atoms with Crippen LogP contribution in [0.15, 0.2) is 31.1 Å². The number of rotatable bonds is 4. The van der Waals surface area contributed by atoms with Gasteiger partial charge in [-0.05, 0) is 19.4 Å². The van der Waals surface area contributed by atoms with Gasteiger partial charge in [0.05, 0.1) is 11.9 Å². The van der Waals surface area contributed by atoms with Crippen LogP contribution in [0.1, 0.15) is 30.0 Å². The van der Waals surface area contributed by atoms with Gasteiger partial charge in [-0.3, -0.25) is 0 Å². The fraction of sp³-hybridized carbons (Fsp3) is 0.375. The van der Waals surface area contributed by atoms with Crippen LogP contribution in [0.3, 0.4) is 0 Å². The summed E-state index contributed by atoms with van der Waals surface area (Å²) in [6.45, 7) is 5.89. The summed E-state index contributed by atoms with van der Waals surface area (Å²) in [6, 6.07) is 1.94. The topological polar surface area (TPSA) is 80.3 Å². The van der Waals surface area contributed by atoms with Gasteiger partial charge in [0.15, 0.2) is 5.65 Å². The summed E-state index contributed by atoms with van der Waals surface area (Å²) in [5.74, 6) is 1.02. The second-order valence-electron chi connectivity index (χ2n) is 5.54. The third-order valence-corrected chi connectivity index (χ3v) is 4.07.